The molecule has 1 aliphatic rings. The summed E-state index contributed by atoms with van der Waals surface area (Å²) in [5, 5.41) is 9.05. The standard InChI is InChI=1S/C16H15N5O3/c22-15(23)10-1-2-12-13(7-10)20-14(19-12)11-8-17-16(18-9-11)21-3-5-24-6-4-21/h1-2,7-9H,3-6H2,(H,19,20)(H,22,23). The van der Waals surface area contributed by atoms with Gasteiger partial charge in [0.15, 0.2) is 0 Å². The molecule has 0 saturated carbocycles. The number of rotatable bonds is 3. The SMILES string of the molecule is O=C(O)c1ccc2nc(-c3cnc(N4CCOCC4)nc3)[nH]c2c1. The number of nitrogens with one attached hydrogen (secondary N) is 1. The van der Waals surface area contributed by atoms with Gasteiger partial charge in [-0.1, -0.05) is 0 Å². The van der Waals surface area contributed by atoms with Crippen LogP contribution in [0.4, 0.5) is 5.95 Å². The predicted octanol–water partition coefficient (Wildman–Crippen LogP) is 1.55. The number of nitrogens with zero attached hydrogens (tertiary/aromatic N) is 4. The van der Waals surface area contributed by atoms with Crippen molar-refractivity contribution in [1.29, 1.82) is 0 Å². The van der Waals surface area contributed by atoms with Crippen LogP contribution in [0, 0.1) is 0 Å². The first-order chi connectivity index (χ1) is 11.7. The molecule has 0 unspecified atom stereocenters. The third-order valence-electron chi connectivity index (χ3n) is 3.93. The summed E-state index contributed by atoms with van der Waals surface area (Å²) in [6, 6.07) is 4.78. The van der Waals surface area contributed by atoms with Crippen LogP contribution in [0.1, 0.15) is 10.4 Å². The van der Waals surface area contributed by atoms with Gasteiger partial charge in [0, 0.05) is 25.5 Å². The van der Waals surface area contributed by atoms with Crippen molar-refractivity contribution in [2.75, 3.05) is 31.2 Å². The second-order valence-corrected chi connectivity index (χ2v) is 5.49. The van der Waals surface area contributed by atoms with Crippen LogP contribution in [0.25, 0.3) is 22.4 Å². The van der Waals surface area contributed by atoms with Gasteiger partial charge in [0.05, 0.1) is 35.4 Å². The molecule has 0 amide bonds. The van der Waals surface area contributed by atoms with E-state index in [9.17, 15) is 4.79 Å². The van der Waals surface area contributed by atoms with Crippen molar-refractivity contribution in [1.82, 2.24) is 19.9 Å². The minimum absolute atomic E-state index is 0.219. The van der Waals surface area contributed by atoms with E-state index in [1.165, 1.54) is 6.07 Å². The van der Waals surface area contributed by atoms with Gasteiger partial charge in [-0.25, -0.2) is 19.7 Å². The summed E-state index contributed by atoms with van der Waals surface area (Å²) in [5.74, 6) is 0.318. The van der Waals surface area contributed by atoms with Gasteiger partial charge in [-0.05, 0) is 18.2 Å². The third-order valence-corrected chi connectivity index (χ3v) is 3.93. The number of carboxylic acid groups (broad SMARTS) is 1. The summed E-state index contributed by atoms with van der Waals surface area (Å²) in [7, 11) is 0. The number of aromatic nitrogens is 4. The van der Waals surface area contributed by atoms with Crippen LogP contribution >= 0.6 is 0 Å². The van der Waals surface area contributed by atoms with E-state index in [1.807, 2.05) is 0 Å². The molecule has 0 bridgehead atoms. The second kappa shape index (κ2) is 5.89. The van der Waals surface area contributed by atoms with Crippen molar-refractivity contribution in [3.63, 3.8) is 0 Å². The fraction of sp³-hybridized carbons (Fsp3) is 0.250. The number of morpholine rings is 1. The summed E-state index contributed by atoms with van der Waals surface area (Å²) >= 11 is 0. The number of fused-ring (bicyclic) bond motifs is 1. The molecule has 0 aliphatic carbocycles. The molecule has 8 nitrogen and oxygen atoms in total. The first-order valence-electron chi connectivity index (χ1n) is 7.59. The Labute approximate surface area is 137 Å². The zero-order valence-electron chi connectivity index (χ0n) is 12.8. The van der Waals surface area contributed by atoms with Crippen LogP contribution in [0.3, 0.4) is 0 Å². The lowest BCUT2D eigenvalue weighted by Crippen LogP contribution is -2.37. The quantitative estimate of drug-likeness (QED) is 0.753. The van der Waals surface area contributed by atoms with Crippen LogP contribution in [0.15, 0.2) is 30.6 Å². The zero-order valence-corrected chi connectivity index (χ0v) is 12.8. The molecule has 0 spiro atoms. The lowest BCUT2D eigenvalue weighted by molar-refractivity contribution is 0.0697. The number of H-pyrrole nitrogens is 1. The van der Waals surface area contributed by atoms with Crippen molar-refractivity contribution in [3.05, 3.63) is 36.2 Å². The second-order valence-electron chi connectivity index (χ2n) is 5.49. The molecule has 1 aliphatic heterocycles. The first-order valence-corrected chi connectivity index (χ1v) is 7.59. The molecule has 1 aromatic carbocycles. The van der Waals surface area contributed by atoms with Crippen LogP contribution in [0.5, 0.6) is 0 Å². The van der Waals surface area contributed by atoms with Crippen LogP contribution in [-0.2, 0) is 4.74 Å². The highest BCUT2D eigenvalue weighted by Crippen LogP contribution is 2.21. The molecule has 0 radical (unpaired) electrons. The lowest BCUT2D eigenvalue weighted by atomic mass is 10.2. The zero-order chi connectivity index (χ0) is 16.5. The number of ether oxygens (including phenoxy) is 1. The monoisotopic (exact) mass is 325 g/mol. The fourth-order valence-electron chi connectivity index (χ4n) is 2.65. The summed E-state index contributed by atoms with van der Waals surface area (Å²) in [6.45, 7) is 2.92. The Hall–Kier alpha value is -3.00. The van der Waals surface area contributed by atoms with E-state index < -0.39 is 5.97 Å². The lowest BCUT2D eigenvalue weighted by Gasteiger charge is -2.26. The van der Waals surface area contributed by atoms with Crippen LogP contribution < -0.4 is 4.90 Å². The van der Waals surface area contributed by atoms with Gasteiger partial charge in [0.25, 0.3) is 0 Å². The number of carbonyl (C=O) groups is 1. The number of hydrogen-bond acceptors (Lipinski definition) is 6. The molecule has 3 heterocycles. The Kier molecular flexibility index (Phi) is 3.58. The van der Waals surface area contributed by atoms with Gasteiger partial charge in [-0.15, -0.1) is 0 Å². The predicted molar refractivity (Wildman–Crippen MR) is 87.1 cm³/mol. The van der Waals surface area contributed by atoms with Crippen molar-refractivity contribution in [2.24, 2.45) is 0 Å². The smallest absolute Gasteiger partial charge is 0.335 e. The van der Waals surface area contributed by atoms with E-state index in [0.717, 1.165) is 18.7 Å². The van der Waals surface area contributed by atoms with Gasteiger partial charge >= 0.3 is 5.97 Å². The molecule has 1 saturated heterocycles. The van der Waals surface area contributed by atoms with E-state index in [-0.39, 0.29) is 5.56 Å². The third kappa shape index (κ3) is 2.67. The molecule has 2 aromatic heterocycles. The minimum Gasteiger partial charge on any atom is -0.478 e. The fourth-order valence-corrected chi connectivity index (χ4v) is 2.65. The minimum atomic E-state index is -0.966. The molecule has 1 fully saturated rings. The molecule has 4 rings (SSSR count). The van der Waals surface area contributed by atoms with Crippen molar-refractivity contribution >= 4 is 23.0 Å². The molecular formula is C16H15N5O3. The maximum atomic E-state index is 11.0. The Morgan fingerprint density at radius 2 is 1.96 bits per heavy atom. The maximum absolute atomic E-state index is 11.0. The normalized spacial score (nSPS) is 14.9. The molecular weight excluding hydrogens is 310 g/mol. The summed E-state index contributed by atoms with van der Waals surface area (Å²) in [6.07, 6.45) is 3.43. The number of benzene rings is 1. The number of aromatic amines is 1. The molecule has 8 heteroatoms. The van der Waals surface area contributed by atoms with Crippen LogP contribution in [-0.4, -0.2) is 57.3 Å². The van der Waals surface area contributed by atoms with Gasteiger partial charge in [0.2, 0.25) is 5.95 Å². The van der Waals surface area contributed by atoms with Gasteiger partial charge in [-0.3, -0.25) is 0 Å². The van der Waals surface area contributed by atoms with E-state index in [1.54, 1.807) is 24.5 Å². The molecule has 3 aromatic rings. The van der Waals surface area contributed by atoms with Crippen molar-refractivity contribution < 1.29 is 14.6 Å². The molecule has 0 atom stereocenters. The number of carboxylic acids is 1. The highest BCUT2D eigenvalue weighted by molar-refractivity contribution is 5.92. The maximum Gasteiger partial charge on any atom is 0.335 e. The largest absolute Gasteiger partial charge is 0.478 e. The van der Waals surface area contributed by atoms with Crippen LogP contribution in [0.2, 0.25) is 0 Å². The Bertz CT molecular complexity index is 884. The highest BCUT2D eigenvalue weighted by Gasteiger charge is 2.14. The Morgan fingerprint density at radius 1 is 1.21 bits per heavy atom. The van der Waals surface area contributed by atoms with Gasteiger partial charge < -0.3 is 19.7 Å². The van der Waals surface area contributed by atoms with E-state index >= 15 is 0 Å². The van der Waals surface area contributed by atoms with E-state index in [2.05, 4.69) is 24.8 Å². The van der Waals surface area contributed by atoms with Crippen molar-refractivity contribution in [3.8, 4) is 11.4 Å². The van der Waals surface area contributed by atoms with Gasteiger partial charge in [-0.2, -0.15) is 0 Å². The van der Waals surface area contributed by atoms with E-state index in [0.29, 0.717) is 36.0 Å². The highest BCUT2D eigenvalue weighted by atomic mass is 16.5. The Balaban J connectivity index is 1.63. The number of imidazole rings is 1. The first kappa shape index (κ1) is 14.6. The molecule has 24 heavy (non-hydrogen) atoms. The average molecular weight is 325 g/mol. The average Bonchev–Trinajstić information content (AvgIpc) is 3.06. The summed E-state index contributed by atoms with van der Waals surface area (Å²) in [4.78, 5) is 29.5. The number of anilines is 1. The molecule has 2 N–H and O–H groups in total. The topological polar surface area (TPSA) is 104 Å². The summed E-state index contributed by atoms with van der Waals surface area (Å²) < 4.78 is 5.32. The number of hydrogen-bond donors (Lipinski definition) is 2. The summed E-state index contributed by atoms with van der Waals surface area (Å²) in [5.41, 5.74) is 2.34. The van der Waals surface area contributed by atoms with E-state index in [4.69, 9.17) is 9.84 Å². The van der Waals surface area contributed by atoms with Gasteiger partial charge in [0.1, 0.15) is 5.82 Å². The molecule has 122 valence electrons. The Morgan fingerprint density at radius 3 is 2.67 bits per heavy atom. The number of aromatic carboxylic acids is 1. The van der Waals surface area contributed by atoms with Crippen molar-refractivity contribution in [2.45, 2.75) is 0 Å².